The van der Waals surface area contributed by atoms with Crippen LogP contribution < -0.4 is 10.9 Å². The Bertz CT molecular complexity index is 226. The van der Waals surface area contributed by atoms with Crippen LogP contribution in [0.25, 0.3) is 0 Å². The zero-order chi connectivity index (χ0) is 6.81. The number of aliphatic imine (C=N–C) groups is 2. The molecule has 2 heterocycles. The van der Waals surface area contributed by atoms with Gasteiger partial charge in [-0.1, -0.05) is 6.08 Å². The van der Waals surface area contributed by atoms with Gasteiger partial charge in [0.15, 0.2) is 0 Å². The van der Waals surface area contributed by atoms with Crippen molar-refractivity contribution in [3.8, 4) is 0 Å². The Labute approximate surface area is 58.7 Å². The Morgan fingerprint density at radius 3 is 3.40 bits per heavy atom. The zero-order valence-electron chi connectivity index (χ0n) is 5.46. The standard InChI is InChI=1S/C6H8N4/c1-2-9-10-6-5(1)3-7-4-8-6/h1,4,9H,2-3H2,(H,7,8,10). The number of hydrazine groups is 1. The monoisotopic (exact) mass is 136 g/mol. The second-order valence-electron chi connectivity index (χ2n) is 2.17. The highest BCUT2D eigenvalue weighted by Gasteiger charge is 2.10. The summed E-state index contributed by atoms with van der Waals surface area (Å²) in [6.45, 7) is 1.61. The van der Waals surface area contributed by atoms with Crippen LogP contribution in [-0.2, 0) is 0 Å². The third-order valence-corrected chi connectivity index (χ3v) is 1.49. The van der Waals surface area contributed by atoms with Gasteiger partial charge in [0.25, 0.3) is 0 Å². The molecule has 4 heteroatoms. The largest absolute Gasteiger partial charge is 0.305 e. The highest BCUT2D eigenvalue weighted by Crippen LogP contribution is 2.02. The van der Waals surface area contributed by atoms with Crippen LogP contribution in [0.5, 0.6) is 0 Å². The summed E-state index contributed by atoms with van der Waals surface area (Å²) in [6.07, 6.45) is 3.67. The van der Waals surface area contributed by atoms with Crippen molar-refractivity contribution in [2.75, 3.05) is 13.1 Å². The fourth-order valence-corrected chi connectivity index (χ4v) is 0.978. The first-order valence-electron chi connectivity index (χ1n) is 3.21. The molecule has 52 valence electrons. The van der Waals surface area contributed by atoms with Crippen LogP contribution in [0, 0.1) is 0 Å². The Kier molecular flexibility index (Phi) is 1.25. The zero-order valence-corrected chi connectivity index (χ0v) is 5.46. The molecule has 2 aliphatic rings. The fourth-order valence-electron chi connectivity index (χ4n) is 0.978. The third-order valence-electron chi connectivity index (χ3n) is 1.49. The molecule has 0 aromatic carbocycles. The van der Waals surface area contributed by atoms with Crippen molar-refractivity contribution in [3.63, 3.8) is 0 Å². The second-order valence-corrected chi connectivity index (χ2v) is 2.17. The van der Waals surface area contributed by atoms with E-state index < -0.39 is 0 Å². The predicted molar refractivity (Wildman–Crippen MR) is 40.0 cm³/mol. The van der Waals surface area contributed by atoms with Gasteiger partial charge in [-0.05, 0) is 0 Å². The van der Waals surface area contributed by atoms with E-state index in [1.54, 1.807) is 6.34 Å². The molecule has 10 heavy (non-hydrogen) atoms. The first-order chi connectivity index (χ1) is 4.97. The van der Waals surface area contributed by atoms with Crippen LogP contribution in [0.1, 0.15) is 0 Å². The summed E-state index contributed by atoms with van der Waals surface area (Å²) < 4.78 is 0. The van der Waals surface area contributed by atoms with Gasteiger partial charge in [-0.25, -0.2) is 10.4 Å². The molecular weight excluding hydrogens is 128 g/mol. The van der Waals surface area contributed by atoms with Crippen LogP contribution in [0.4, 0.5) is 0 Å². The average Bonchev–Trinajstić information content (AvgIpc) is 2.05. The molecule has 0 amide bonds. The second kappa shape index (κ2) is 2.22. The van der Waals surface area contributed by atoms with Crippen molar-refractivity contribution in [2.45, 2.75) is 0 Å². The Hall–Kier alpha value is -1.16. The van der Waals surface area contributed by atoms with Crippen molar-refractivity contribution < 1.29 is 0 Å². The Morgan fingerprint density at radius 1 is 1.50 bits per heavy atom. The lowest BCUT2D eigenvalue weighted by Gasteiger charge is -2.18. The molecule has 0 fully saturated rings. The summed E-state index contributed by atoms with van der Waals surface area (Å²) in [7, 11) is 0. The van der Waals surface area contributed by atoms with Gasteiger partial charge in [-0.3, -0.25) is 4.99 Å². The lowest BCUT2D eigenvalue weighted by Crippen LogP contribution is -2.43. The van der Waals surface area contributed by atoms with E-state index >= 15 is 0 Å². The Balaban J connectivity index is 2.32. The fraction of sp³-hybridized carbons (Fsp3) is 0.333. The first kappa shape index (κ1) is 5.61. The van der Waals surface area contributed by atoms with Crippen LogP contribution in [0.2, 0.25) is 0 Å². The van der Waals surface area contributed by atoms with Gasteiger partial charge in [-0.15, -0.1) is 0 Å². The van der Waals surface area contributed by atoms with E-state index in [4.69, 9.17) is 0 Å². The van der Waals surface area contributed by atoms with Crippen molar-refractivity contribution >= 4 is 12.2 Å². The molecular formula is C6H8N4. The molecule has 0 aromatic rings. The summed E-state index contributed by atoms with van der Waals surface area (Å²) in [5, 5.41) is 0. The minimum atomic E-state index is 0.757. The number of hydrogen-bond donors (Lipinski definition) is 2. The molecule has 4 nitrogen and oxygen atoms in total. The Morgan fingerprint density at radius 2 is 2.50 bits per heavy atom. The molecule has 0 radical (unpaired) electrons. The van der Waals surface area contributed by atoms with Gasteiger partial charge in [0.2, 0.25) is 0 Å². The van der Waals surface area contributed by atoms with Gasteiger partial charge in [0, 0.05) is 12.1 Å². The van der Waals surface area contributed by atoms with Crippen molar-refractivity contribution in [1.29, 1.82) is 0 Å². The van der Waals surface area contributed by atoms with Gasteiger partial charge < -0.3 is 5.43 Å². The van der Waals surface area contributed by atoms with Gasteiger partial charge in [-0.2, -0.15) is 0 Å². The topological polar surface area (TPSA) is 48.8 Å². The lowest BCUT2D eigenvalue weighted by atomic mass is 10.2. The highest BCUT2D eigenvalue weighted by atomic mass is 15.4. The SMILES string of the molecule is C1=NCC2=CCNNC2=N1. The maximum Gasteiger partial charge on any atom is 0.146 e. The molecule has 0 bridgehead atoms. The van der Waals surface area contributed by atoms with E-state index in [1.165, 1.54) is 5.57 Å². The number of hydrogen-bond acceptors (Lipinski definition) is 4. The number of fused-ring (bicyclic) bond motifs is 1. The molecule has 0 aliphatic carbocycles. The summed E-state index contributed by atoms with van der Waals surface area (Å²) >= 11 is 0. The summed E-state index contributed by atoms with van der Waals surface area (Å²) in [4.78, 5) is 8.05. The average molecular weight is 136 g/mol. The molecule has 2 rings (SSSR count). The van der Waals surface area contributed by atoms with Crippen molar-refractivity contribution in [2.24, 2.45) is 9.98 Å². The first-order valence-corrected chi connectivity index (χ1v) is 3.21. The number of nitrogens with one attached hydrogen (secondary N) is 2. The van der Waals surface area contributed by atoms with Gasteiger partial charge in [0.1, 0.15) is 12.2 Å². The minimum absolute atomic E-state index is 0.757. The molecule has 0 unspecified atom stereocenters. The van der Waals surface area contributed by atoms with Crippen LogP contribution in [0.3, 0.4) is 0 Å². The van der Waals surface area contributed by atoms with Crippen molar-refractivity contribution in [1.82, 2.24) is 10.9 Å². The van der Waals surface area contributed by atoms with Crippen LogP contribution >= 0.6 is 0 Å². The predicted octanol–water partition coefficient (Wildman–Crippen LogP) is -0.539. The lowest BCUT2D eigenvalue weighted by molar-refractivity contribution is 0.693. The van der Waals surface area contributed by atoms with E-state index in [1.807, 2.05) is 0 Å². The maximum atomic E-state index is 4.03. The van der Waals surface area contributed by atoms with E-state index in [0.717, 1.165) is 18.9 Å². The van der Waals surface area contributed by atoms with E-state index in [0.29, 0.717) is 0 Å². The molecule has 2 N–H and O–H groups in total. The summed E-state index contributed by atoms with van der Waals surface area (Å²) in [5.41, 5.74) is 7.11. The maximum absolute atomic E-state index is 4.03. The number of amidine groups is 1. The van der Waals surface area contributed by atoms with E-state index in [-0.39, 0.29) is 0 Å². The summed E-state index contributed by atoms with van der Waals surface area (Å²) in [6, 6.07) is 0. The third kappa shape index (κ3) is 0.823. The highest BCUT2D eigenvalue weighted by molar-refractivity contribution is 6.04. The summed E-state index contributed by atoms with van der Waals surface area (Å²) in [5.74, 6) is 0.904. The number of nitrogens with zero attached hydrogens (tertiary/aromatic N) is 2. The molecule has 2 aliphatic heterocycles. The normalized spacial score (nSPS) is 22.4. The number of rotatable bonds is 0. The van der Waals surface area contributed by atoms with Crippen LogP contribution in [-0.4, -0.2) is 25.3 Å². The molecule has 0 spiro atoms. The van der Waals surface area contributed by atoms with Gasteiger partial charge >= 0.3 is 0 Å². The quantitative estimate of drug-likeness (QED) is 0.470. The van der Waals surface area contributed by atoms with E-state index in [2.05, 4.69) is 26.9 Å². The van der Waals surface area contributed by atoms with Crippen molar-refractivity contribution in [3.05, 3.63) is 11.6 Å². The molecule has 0 saturated carbocycles. The molecule has 0 atom stereocenters. The minimum Gasteiger partial charge on any atom is -0.305 e. The molecule has 0 saturated heterocycles. The van der Waals surface area contributed by atoms with E-state index in [9.17, 15) is 0 Å². The van der Waals surface area contributed by atoms with Crippen LogP contribution in [0.15, 0.2) is 21.6 Å². The van der Waals surface area contributed by atoms with Gasteiger partial charge in [0.05, 0.1) is 6.54 Å². The molecule has 0 aromatic heterocycles. The smallest absolute Gasteiger partial charge is 0.146 e.